The normalized spacial score (nSPS) is 18.0. The fourth-order valence-corrected chi connectivity index (χ4v) is 4.23. The van der Waals surface area contributed by atoms with Crippen LogP contribution in [0, 0.1) is 5.92 Å². The highest BCUT2D eigenvalue weighted by Crippen LogP contribution is 2.31. The van der Waals surface area contributed by atoms with Gasteiger partial charge in [-0.25, -0.2) is 0 Å². The van der Waals surface area contributed by atoms with Gasteiger partial charge in [-0.2, -0.15) is 13.2 Å². The third-order valence-electron chi connectivity index (χ3n) is 6.01. The number of hydrogen-bond donors (Lipinski definition) is 1. The molecule has 2 aliphatic heterocycles. The van der Waals surface area contributed by atoms with E-state index in [9.17, 15) is 22.8 Å². The summed E-state index contributed by atoms with van der Waals surface area (Å²) in [6, 6.07) is 7.46. The van der Waals surface area contributed by atoms with Crippen molar-refractivity contribution < 1.29 is 22.8 Å². The van der Waals surface area contributed by atoms with Crippen molar-refractivity contribution in [1.82, 2.24) is 30.2 Å². The molecular weight excluding hydrogens is 437 g/mol. The van der Waals surface area contributed by atoms with Gasteiger partial charge < -0.3 is 9.80 Å². The quantitative estimate of drug-likeness (QED) is 0.652. The lowest BCUT2D eigenvalue weighted by Gasteiger charge is -2.20. The minimum absolute atomic E-state index is 0.0699. The average molecular weight is 456 g/mol. The summed E-state index contributed by atoms with van der Waals surface area (Å²) in [6.07, 6.45) is -0.995. The fraction of sp³-hybridized carbons (Fsp3) is 0.318. The van der Waals surface area contributed by atoms with Crippen LogP contribution < -0.4 is 0 Å². The predicted octanol–water partition coefficient (Wildman–Crippen LogP) is 2.80. The topological polar surface area (TPSA) is 95.1 Å². The third-order valence-corrected chi connectivity index (χ3v) is 6.01. The molecule has 1 atom stereocenters. The first-order valence-corrected chi connectivity index (χ1v) is 10.4. The Morgan fingerprint density at radius 1 is 1.15 bits per heavy atom. The lowest BCUT2D eigenvalue weighted by Crippen LogP contribution is -2.33. The Balaban J connectivity index is 1.17. The monoisotopic (exact) mass is 456 g/mol. The zero-order valence-corrected chi connectivity index (χ0v) is 17.3. The molecular formula is C22H19F3N6O2. The first kappa shape index (κ1) is 21.1. The van der Waals surface area contributed by atoms with Crippen molar-refractivity contribution in [1.29, 1.82) is 0 Å². The third kappa shape index (κ3) is 4.18. The van der Waals surface area contributed by atoms with Gasteiger partial charge in [-0.1, -0.05) is 11.3 Å². The van der Waals surface area contributed by atoms with E-state index >= 15 is 0 Å². The number of amides is 2. The SMILES string of the molecule is O=C(c1ccc2[nH]nnc2c1)N1C=C2CN(C(=O)CCc3ccc(C(F)(F)F)nc3)C[C@@H]2C1. The molecule has 4 heterocycles. The highest BCUT2D eigenvalue weighted by molar-refractivity contribution is 5.98. The number of hydrogen-bond acceptors (Lipinski definition) is 5. The number of fused-ring (bicyclic) bond motifs is 2. The Morgan fingerprint density at radius 2 is 2.00 bits per heavy atom. The van der Waals surface area contributed by atoms with Crippen molar-refractivity contribution in [2.24, 2.45) is 5.92 Å². The van der Waals surface area contributed by atoms with Crippen LogP contribution in [0.3, 0.4) is 0 Å². The van der Waals surface area contributed by atoms with Crippen molar-refractivity contribution in [3.63, 3.8) is 0 Å². The smallest absolute Gasteiger partial charge is 0.338 e. The molecule has 170 valence electrons. The molecule has 3 aromatic rings. The van der Waals surface area contributed by atoms with Gasteiger partial charge in [0.25, 0.3) is 5.91 Å². The van der Waals surface area contributed by atoms with Crippen LogP contribution in [0.1, 0.15) is 28.0 Å². The number of H-pyrrole nitrogens is 1. The largest absolute Gasteiger partial charge is 0.433 e. The first-order chi connectivity index (χ1) is 15.8. The summed E-state index contributed by atoms with van der Waals surface area (Å²) >= 11 is 0. The number of carbonyl (C=O) groups is 2. The van der Waals surface area contributed by atoms with Gasteiger partial charge in [-0.15, -0.1) is 5.10 Å². The number of carbonyl (C=O) groups excluding carboxylic acids is 2. The summed E-state index contributed by atoms with van der Waals surface area (Å²) in [7, 11) is 0. The molecule has 1 aromatic carbocycles. The number of nitrogens with one attached hydrogen (secondary N) is 1. The average Bonchev–Trinajstić information content (AvgIpc) is 3.50. The molecule has 1 N–H and O–H groups in total. The molecule has 0 saturated carbocycles. The first-order valence-electron chi connectivity index (χ1n) is 10.4. The minimum Gasteiger partial charge on any atom is -0.338 e. The Morgan fingerprint density at radius 3 is 2.73 bits per heavy atom. The maximum atomic E-state index is 12.9. The molecule has 2 amide bonds. The fourth-order valence-electron chi connectivity index (χ4n) is 4.23. The Kier molecular flexibility index (Phi) is 5.10. The van der Waals surface area contributed by atoms with Crippen LogP contribution in [-0.4, -0.2) is 61.6 Å². The van der Waals surface area contributed by atoms with E-state index in [1.807, 2.05) is 6.20 Å². The number of rotatable bonds is 4. The Hall–Kier alpha value is -3.76. The maximum Gasteiger partial charge on any atom is 0.433 e. The van der Waals surface area contributed by atoms with Gasteiger partial charge in [0.05, 0.1) is 5.52 Å². The van der Waals surface area contributed by atoms with E-state index in [4.69, 9.17) is 0 Å². The molecule has 33 heavy (non-hydrogen) atoms. The summed E-state index contributed by atoms with van der Waals surface area (Å²) in [5, 5.41) is 10.4. The van der Waals surface area contributed by atoms with E-state index in [2.05, 4.69) is 20.4 Å². The molecule has 1 saturated heterocycles. The number of pyridine rings is 1. The van der Waals surface area contributed by atoms with E-state index in [-0.39, 0.29) is 24.2 Å². The molecule has 2 aromatic heterocycles. The van der Waals surface area contributed by atoms with Crippen molar-refractivity contribution in [3.8, 4) is 0 Å². The number of alkyl halides is 3. The van der Waals surface area contributed by atoms with Gasteiger partial charge in [-0.3, -0.25) is 19.7 Å². The Labute approximate surface area is 186 Å². The molecule has 0 aliphatic carbocycles. The zero-order chi connectivity index (χ0) is 23.2. The van der Waals surface area contributed by atoms with E-state index in [1.165, 1.54) is 6.07 Å². The van der Waals surface area contributed by atoms with Crippen LogP contribution in [0.2, 0.25) is 0 Å². The molecule has 0 spiro atoms. The van der Waals surface area contributed by atoms with Crippen LogP contribution >= 0.6 is 0 Å². The molecule has 8 nitrogen and oxygen atoms in total. The van der Waals surface area contributed by atoms with Crippen molar-refractivity contribution >= 4 is 22.8 Å². The molecule has 2 aliphatic rings. The molecule has 5 rings (SSSR count). The molecule has 0 bridgehead atoms. The zero-order valence-electron chi connectivity index (χ0n) is 17.3. The number of aromatic amines is 1. The summed E-state index contributed by atoms with van der Waals surface area (Å²) in [4.78, 5) is 32.3. The minimum atomic E-state index is -4.48. The van der Waals surface area contributed by atoms with Crippen LogP contribution in [-0.2, 0) is 17.4 Å². The second-order valence-electron chi connectivity index (χ2n) is 8.23. The second kappa shape index (κ2) is 7.98. The number of halogens is 3. The summed E-state index contributed by atoms with van der Waals surface area (Å²) < 4.78 is 37.8. The predicted molar refractivity (Wildman–Crippen MR) is 111 cm³/mol. The van der Waals surface area contributed by atoms with Gasteiger partial charge in [0.1, 0.15) is 11.2 Å². The van der Waals surface area contributed by atoms with Gasteiger partial charge in [0.15, 0.2) is 0 Å². The van der Waals surface area contributed by atoms with E-state index in [1.54, 1.807) is 28.0 Å². The molecule has 1 fully saturated rings. The highest BCUT2D eigenvalue weighted by atomic mass is 19.4. The van der Waals surface area contributed by atoms with E-state index in [0.717, 1.165) is 23.4 Å². The molecule has 0 radical (unpaired) electrons. The van der Waals surface area contributed by atoms with E-state index < -0.39 is 11.9 Å². The molecule has 0 unspecified atom stereocenters. The number of likely N-dealkylation sites (tertiary alicyclic amines) is 1. The summed E-state index contributed by atoms with van der Waals surface area (Å²) in [5.74, 6) is -0.115. The van der Waals surface area contributed by atoms with Crippen LogP contribution in [0.4, 0.5) is 13.2 Å². The Bertz CT molecular complexity index is 1250. The lowest BCUT2D eigenvalue weighted by molar-refractivity contribution is -0.141. The van der Waals surface area contributed by atoms with E-state index in [0.29, 0.717) is 42.7 Å². The second-order valence-corrected chi connectivity index (χ2v) is 8.23. The van der Waals surface area contributed by atoms with Crippen molar-refractivity contribution in [3.05, 3.63) is 65.1 Å². The van der Waals surface area contributed by atoms with Crippen LogP contribution in [0.15, 0.2) is 48.3 Å². The van der Waals surface area contributed by atoms with Gasteiger partial charge in [0, 0.05) is 49.9 Å². The standard InChI is InChI=1S/C22H19F3N6O2/c23-22(24,25)19-5-1-13(8-26-19)2-6-20(32)30-9-15-11-31(12-16(15)10-30)21(33)14-3-4-17-18(7-14)28-29-27-17/h1,3-5,7-8,11,16H,2,6,9-10,12H2,(H,27,28,29)/t16-/m1/s1. The number of aryl methyl sites for hydroxylation is 1. The summed E-state index contributed by atoms with van der Waals surface area (Å²) in [6.45, 7) is 1.46. The van der Waals surface area contributed by atoms with Gasteiger partial charge in [0.2, 0.25) is 5.91 Å². The van der Waals surface area contributed by atoms with Crippen molar-refractivity contribution in [2.45, 2.75) is 19.0 Å². The maximum absolute atomic E-state index is 12.9. The number of aromatic nitrogens is 4. The van der Waals surface area contributed by atoms with Crippen LogP contribution in [0.5, 0.6) is 0 Å². The van der Waals surface area contributed by atoms with Gasteiger partial charge in [-0.05, 0) is 41.8 Å². The number of nitrogens with zero attached hydrogens (tertiary/aromatic N) is 5. The van der Waals surface area contributed by atoms with Gasteiger partial charge >= 0.3 is 6.18 Å². The summed E-state index contributed by atoms with van der Waals surface area (Å²) in [5.41, 5.74) is 2.55. The lowest BCUT2D eigenvalue weighted by atomic mass is 10.1. The van der Waals surface area contributed by atoms with Crippen molar-refractivity contribution in [2.75, 3.05) is 19.6 Å². The highest BCUT2D eigenvalue weighted by Gasteiger charge is 2.37. The molecule has 11 heteroatoms. The number of benzene rings is 1. The van der Waals surface area contributed by atoms with Crippen LogP contribution in [0.25, 0.3) is 11.0 Å².